The first kappa shape index (κ1) is 22.4. The summed E-state index contributed by atoms with van der Waals surface area (Å²) in [6.45, 7) is 0.495. The van der Waals surface area contributed by atoms with Gasteiger partial charge in [0.15, 0.2) is 0 Å². The van der Waals surface area contributed by atoms with E-state index in [1.165, 1.54) is 12.3 Å². The molecular formula is C25H22F3N3O2. The fourth-order valence-corrected chi connectivity index (χ4v) is 3.94. The summed E-state index contributed by atoms with van der Waals surface area (Å²) in [7, 11) is 0. The molecule has 4 rings (SSSR count). The number of ether oxygens (including phenoxy) is 1. The van der Waals surface area contributed by atoms with Crippen LogP contribution < -0.4 is 11.1 Å². The lowest BCUT2D eigenvalue weighted by molar-refractivity contribution is -0.137. The minimum atomic E-state index is -4.56. The maximum absolute atomic E-state index is 12.9. The summed E-state index contributed by atoms with van der Waals surface area (Å²) >= 11 is 0. The van der Waals surface area contributed by atoms with Gasteiger partial charge in [0.1, 0.15) is 12.4 Å². The molecule has 3 aromatic rings. The van der Waals surface area contributed by atoms with Gasteiger partial charge in [-0.3, -0.25) is 0 Å². The summed E-state index contributed by atoms with van der Waals surface area (Å²) in [6.07, 6.45) is -0.278. The van der Waals surface area contributed by atoms with Gasteiger partial charge in [0.05, 0.1) is 5.56 Å². The van der Waals surface area contributed by atoms with Gasteiger partial charge in [0.2, 0.25) is 0 Å². The molecule has 0 spiro atoms. The summed E-state index contributed by atoms with van der Waals surface area (Å²) in [6, 6.07) is 17.1. The van der Waals surface area contributed by atoms with Crippen molar-refractivity contribution < 1.29 is 22.7 Å². The van der Waals surface area contributed by atoms with E-state index >= 15 is 0 Å². The zero-order chi connectivity index (χ0) is 23.4. The Bertz CT molecular complexity index is 1150. The second kappa shape index (κ2) is 9.36. The molecule has 1 aliphatic rings. The number of amides is 1. The standard InChI is InChI=1S/C25H22F3N3O2/c26-25(27,28)22-13-16(14-31-23(22)29)7-5-6-12-30-24(32)33-15-21-19-10-3-1-8-17(19)18-9-2-4-11-20(18)21/h1-5,7-11,13-14,21H,6,12,15H2,(H2,29,31)(H,30,32). The van der Waals surface area contributed by atoms with Crippen LogP contribution in [0.2, 0.25) is 0 Å². The minimum Gasteiger partial charge on any atom is -0.449 e. The molecule has 2 aromatic carbocycles. The highest BCUT2D eigenvalue weighted by atomic mass is 19.4. The number of nitrogens with two attached hydrogens (primary N) is 1. The zero-order valence-corrected chi connectivity index (χ0v) is 17.6. The molecule has 0 aliphatic heterocycles. The number of hydrogen-bond acceptors (Lipinski definition) is 4. The molecule has 1 aliphatic carbocycles. The number of pyridine rings is 1. The number of nitrogens with zero attached hydrogens (tertiary/aromatic N) is 1. The molecule has 3 N–H and O–H groups in total. The van der Waals surface area contributed by atoms with E-state index in [4.69, 9.17) is 10.5 Å². The first-order chi connectivity index (χ1) is 15.8. The van der Waals surface area contributed by atoms with Gasteiger partial charge in [0, 0.05) is 18.7 Å². The van der Waals surface area contributed by atoms with Gasteiger partial charge >= 0.3 is 12.3 Å². The highest BCUT2D eigenvalue weighted by Crippen LogP contribution is 2.44. The van der Waals surface area contributed by atoms with Gasteiger partial charge in [-0.05, 0) is 40.3 Å². The minimum absolute atomic E-state index is 0.0242. The molecule has 0 saturated carbocycles. The Hall–Kier alpha value is -3.81. The Labute approximate surface area is 189 Å². The number of benzene rings is 2. The van der Waals surface area contributed by atoms with E-state index < -0.39 is 23.7 Å². The maximum atomic E-state index is 12.9. The number of aromatic nitrogens is 1. The maximum Gasteiger partial charge on any atom is 0.419 e. The lowest BCUT2D eigenvalue weighted by Crippen LogP contribution is -2.26. The molecule has 0 radical (unpaired) electrons. The summed E-state index contributed by atoms with van der Waals surface area (Å²) in [4.78, 5) is 15.7. The number of hydrogen-bond donors (Lipinski definition) is 2. The van der Waals surface area contributed by atoms with Gasteiger partial charge < -0.3 is 15.8 Å². The number of rotatable bonds is 6. The van der Waals surface area contributed by atoms with Crippen LogP contribution in [-0.2, 0) is 10.9 Å². The molecule has 0 bridgehead atoms. The number of halogens is 3. The lowest BCUT2D eigenvalue weighted by Gasteiger charge is -2.14. The van der Waals surface area contributed by atoms with E-state index in [-0.39, 0.29) is 24.6 Å². The van der Waals surface area contributed by atoms with Gasteiger partial charge in [-0.2, -0.15) is 13.2 Å². The molecule has 8 heteroatoms. The van der Waals surface area contributed by atoms with Crippen LogP contribution in [0, 0.1) is 0 Å². The SMILES string of the molecule is Nc1ncc(C=CCCNC(=O)OCC2c3ccccc3-c3ccccc32)cc1C(F)(F)F. The smallest absolute Gasteiger partial charge is 0.419 e. The first-order valence-corrected chi connectivity index (χ1v) is 10.4. The summed E-state index contributed by atoms with van der Waals surface area (Å²) in [5.41, 5.74) is 9.16. The average molecular weight is 453 g/mol. The highest BCUT2D eigenvalue weighted by Gasteiger charge is 2.33. The molecule has 0 fully saturated rings. The van der Waals surface area contributed by atoms with Crippen molar-refractivity contribution in [2.24, 2.45) is 0 Å². The molecular weight excluding hydrogens is 431 g/mol. The molecule has 5 nitrogen and oxygen atoms in total. The number of anilines is 1. The van der Waals surface area contributed by atoms with Crippen molar-refractivity contribution in [3.8, 4) is 11.1 Å². The number of alkyl halides is 3. The van der Waals surface area contributed by atoms with Gasteiger partial charge in [-0.1, -0.05) is 60.7 Å². The largest absolute Gasteiger partial charge is 0.449 e. The molecule has 1 amide bonds. The van der Waals surface area contributed by atoms with Crippen molar-refractivity contribution >= 4 is 18.0 Å². The Kier molecular flexibility index (Phi) is 6.35. The van der Waals surface area contributed by atoms with E-state index in [2.05, 4.69) is 22.4 Å². The topological polar surface area (TPSA) is 77.2 Å². The van der Waals surface area contributed by atoms with E-state index in [0.29, 0.717) is 6.42 Å². The van der Waals surface area contributed by atoms with E-state index in [9.17, 15) is 18.0 Å². The van der Waals surface area contributed by atoms with Crippen molar-refractivity contribution in [1.29, 1.82) is 0 Å². The van der Waals surface area contributed by atoms with Gasteiger partial charge in [0.25, 0.3) is 0 Å². The number of nitrogens with one attached hydrogen (secondary N) is 1. The van der Waals surface area contributed by atoms with Crippen molar-refractivity contribution in [2.75, 3.05) is 18.9 Å². The first-order valence-electron chi connectivity index (χ1n) is 10.4. The Morgan fingerprint density at radius 3 is 2.36 bits per heavy atom. The third-order valence-electron chi connectivity index (χ3n) is 5.48. The number of fused-ring (bicyclic) bond motifs is 3. The van der Waals surface area contributed by atoms with Crippen LogP contribution in [0.3, 0.4) is 0 Å². The predicted molar refractivity (Wildman–Crippen MR) is 120 cm³/mol. The fourth-order valence-electron chi connectivity index (χ4n) is 3.94. The van der Waals surface area contributed by atoms with Crippen LogP contribution in [0.25, 0.3) is 17.2 Å². The highest BCUT2D eigenvalue weighted by molar-refractivity contribution is 5.79. The Morgan fingerprint density at radius 1 is 1.09 bits per heavy atom. The number of carbonyl (C=O) groups is 1. The summed E-state index contributed by atoms with van der Waals surface area (Å²) in [5, 5.41) is 2.66. The second-order valence-corrected chi connectivity index (χ2v) is 7.64. The lowest BCUT2D eigenvalue weighted by atomic mass is 9.98. The third-order valence-corrected chi connectivity index (χ3v) is 5.48. The molecule has 170 valence electrons. The van der Waals surface area contributed by atoms with Crippen LogP contribution in [0.4, 0.5) is 23.8 Å². The third kappa shape index (κ3) is 5.00. The van der Waals surface area contributed by atoms with Crippen LogP contribution in [-0.4, -0.2) is 24.2 Å². The van der Waals surface area contributed by atoms with Crippen LogP contribution in [0.5, 0.6) is 0 Å². The zero-order valence-electron chi connectivity index (χ0n) is 17.6. The molecule has 0 unspecified atom stereocenters. The molecule has 1 aromatic heterocycles. The van der Waals surface area contributed by atoms with Crippen molar-refractivity contribution in [3.05, 3.63) is 89.1 Å². The quantitative estimate of drug-likeness (QED) is 0.475. The van der Waals surface area contributed by atoms with Gasteiger partial charge in [-0.25, -0.2) is 9.78 Å². The molecule has 0 saturated heterocycles. The Morgan fingerprint density at radius 2 is 1.73 bits per heavy atom. The number of carbonyl (C=O) groups excluding carboxylic acids is 1. The van der Waals surface area contributed by atoms with E-state index in [0.717, 1.165) is 28.3 Å². The normalized spacial score (nSPS) is 13.1. The average Bonchev–Trinajstić information content (AvgIpc) is 3.11. The number of alkyl carbamates (subject to hydrolysis) is 1. The number of nitrogen functional groups attached to an aromatic ring is 1. The summed E-state index contributed by atoms with van der Waals surface area (Å²) < 4.78 is 44.2. The summed E-state index contributed by atoms with van der Waals surface area (Å²) in [5.74, 6) is -0.583. The van der Waals surface area contributed by atoms with Crippen molar-refractivity contribution in [3.63, 3.8) is 0 Å². The van der Waals surface area contributed by atoms with E-state index in [1.807, 2.05) is 36.4 Å². The second-order valence-electron chi connectivity index (χ2n) is 7.64. The van der Waals surface area contributed by atoms with Crippen molar-refractivity contribution in [2.45, 2.75) is 18.5 Å². The fraction of sp³-hybridized carbons (Fsp3) is 0.200. The Balaban J connectivity index is 1.27. The van der Waals surface area contributed by atoms with Gasteiger partial charge in [-0.15, -0.1) is 0 Å². The van der Waals surface area contributed by atoms with Crippen LogP contribution >= 0.6 is 0 Å². The molecule has 1 heterocycles. The van der Waals surface area contributed by atoms with Crippen LogP contribution in [0.15, 0.2) is 66.9 Å². The van der Waals surface area contributed by atoms with Crippen molar-refractivity contribution in [1.82, 2.24) is 10.3 Å². The monoisotopic (exact) mass is 453 g/mol. The molecule has 33 heavy (non-hydrogen) atoms. The predicted octanol–water partition coefficient (Wildman–Crippen LogP) is 5.62. The molecule has 0 atom stereocenters. The van der Waals surface area contributed by atoms with E-state index in [1.54, 1.807) is 6.08 Å². The van der Waals surface area contributed by atoms with Crippen LogP contribution in [0.1, 0.15) is 34.6 Å².